The van der Waals surface area contributed by atoms with Crippen molar-refractivity contribution >= 4 is 45.9 Å². The molecule has 2 aromatic rings. The topological polar surface area (TPSA) is 47.4 Å². The highest BCUT2D eigenvalue weighted by molar-refractivity contribution is 6.18. The number of hydrogen-bond donors (Lipinski definition) is 0. The summed E-state index contributed by atoms with van der Waals surface area (Å²) in [6, 6.07) is 6.24. The van der Waals surface area contributed by atoms with Gasteiger partial charge < -0.3 is 14.2 Å². The van der Waals surface area contributed by atoms with Crippen LogP contribution in [0.15, 0.2) is 18.2 Å². The van der Waals surface area contributed by atoms with E-state index in [1.807, 2.05) is 7.05 Å². The number of benzene rings is 1. The van der Waals surface area contributed by atoms with Crippen molar-refractivity contribution in [1.82, 2.24) is 9.55 Å². The van der Waals surface area contributed by atoms with Gasteiger partial charge in [-0.2, -0.15) is 0 Å². The Morgan fingerprint density at radius 3 is 2.63 bits per heavy atom. The number of aromatic nitrogens is 2. The summed E-state index contributed by atoms with van der Waals surface area (Å²) in [6.45, 7) is 4.10. The molecule has 0 saturated heterocycles. The van der Waals surface area contributed by atoms with Crippen LogP contribution in [0.2, 0.25) is 0 Å². The third-order valence-electron chi connectivity index (χ3n) is 4.57. The number of aryl methyl sites for hydroxylation is 2. The van der Waals surface area contributed by atoms with Crippen LogP contribution in [0.4, 0.5) is 5.69 Å². The second-order valence-corrected chi connectivity index (χ2v) is 7.31. The van der Waals surface area contributed by atoms with Crippen LogP contribution in [0.5, 0.6) is 0 Å². The summed E-state index contributed by atoms with van der Waals surface area (Å²) in [4.78, 5) is 18.7. The van der Waals surface area contributed by atoms with Crippen molar-refractivity contribution in [3.8, 4) is 0 Å². The lowest BCUT2D eigenvalue weighted by atomic mass is 10.2. The molecule has 2 rings (SSSR count). The summed E-state index contributed by atoms with van der Waals surface area (Å²) < 4.78 is 7.30. The third-order valence-corrected chi connectivity index (χ3v) is 4.91. The fourth-order valence-corrected chi connectivity index (χ4v) is 3.43. The van der Waals surface area contributed by atoms with Crippen molar-refractivity contribution in [2.45, 2.75) is 39.0 Å². The minimum Gasteiger partial charge on any atom is -0.466 e. The zero-order valence-electron chi connectivity index (χ0n) is 16.2. The minimum absolute atomic E-state index is 0.123. The summed E-state index contributed by atoms with van der Waals surface area (Å²) in [5.74, 6) is 1.96. The zero-order valence-corrected chi connectivity index (χ0v) is 17.7. The predicted molar refractivity (Wildman–Crippen MR) is 113 cm³/mol. The number of hydrogen-bond acceptors (Lipinski definition) is 4. The van der Waals surface area contributed by atoms with Gasteiger partial charge in [-0.15, -0.1) is 23.2 Å². The fourth-order valence-electron chi connectivity index (χ4n) is 3.03. The molecule has 1 heterocycles. The van der Waals surface area contributed by atoms with E-state index < -0.39 is 0 Å². The summed E-state index contributed by atoms with van der Waals surface area (Å²) >= 11 is 11.8. The van der Waals surface area contributed by atoms with Crippen LogP contribution in [-0.4, -0.2) is 47.0 Å². The molecular weight excluding hydrogens is 385 g/mol. The first-order valence-electron chi connectivity index (χ1n) is 9.58. The molecule has 0 aliphatic rings. The number of nitrogens with zero attached hydrogens (tertiary/aromatic N) is 3. The summed E-state index contributed by atoms with van der Waals surface area (Å²) in [5, 5.41) is 0. The van der Waals surface area contributed by atoms with E-state index in [0.29, 0.717) is 24.8 Å². The van der Waals surface area contributed by atoms with E-state index in [0.717, 1.165) is 61.3 Å². The Labute approximate surface area is 171 Å². The normalized spacial score (nSPS) is 11.1. The number of anilines is 1. The average Bonchev–Trinajstić information content (AvgIpc) is 2.97. The molecular formula is C20H29Cl2N3O2. The smallest absolute Gasteiger partial charge is 0.305 e. The molecule has 0 aliphatic heterocycles. The number of carbonyl (C=O) groups is 1. The minimum atomic E-state index is -0.123. The maximum atomic E-state index is 11.7. The van der Waals surface area contributed by atoms with Gasteiger partial charge in [0, 0.05) is 50.4 Å². The molecule has 0 aliphatic carbocycles. The van der Waals surface area contributed by atoms with E-state index in [9.17, 15) is 4.79 Å². The molecule has 150 valence electrons. The SMILES string of the molecule is CCCCOC(=O)CCCc1nc2cc(N(CCCl)CCCl)ccc2n1C. The van der Waals surface area contributed by atoms with Gasteiger partial charge in [0.1, 0.15) is 5.82 Å². The van der Waals surface area contributed by atoms with Gasteiger partial charge in [0.25, 0.3) is 0 Å². The van der Waals surface area contributed by atoms with E-state index in [1.165, 1.54) is 0 Å². The number of halogens is 2. The molecule has 1 aromatic heterocycles. The summed E-state index contributed by atoms with van der Waals surface area (Å²) in [7, 11) is 2.01. The summed E-state index contributed by atoms with van der Waals surface area (Å²) in [5.41, 5.74) is 3.11. The number of fused-ring (bicyclic) bond motifs is 1. The largest absolute Gasteiger partial charge is 0.466 e. The van der Waals surface area contributed by atoms with E-state index in [-0.39, 0.29) is 5.97 Å². The van der Waals surface area contributed by atoms with E-state index >= 15 is 0 Å². The first-order chi connectivity index (χ1) is 13.1. The van der Waals surface area contributed by atoms with Gasteiger partial charge in [0.15, 0.2) is 0 Å². The number of alkyl halides is 2. The van der Waals surface area contributed by atoms with E-state index in [2.05, 4.69) is 34.6 Å². The van der Waals surface area contributed by atoms with Crippen molar-refractivity contribution in [2.75, 3.05) is 36.4 Å². The predicted octanol–water partition coefficient (Wildman–Crippen LogP) is 4.52. The number of esters is 1. The molecule has 0 saturated carbocycles. The molecule has 0 amide bonds. The van der Waals surface area contributed by atoms with Crippen molar-refractivity contribution < 1.29 is 9.53 Å². The molecule has 0 bridgehead atoms. The van der Waals surface area contributed by atoms with Crippen LogP contribution in [0, 0.1) is 0 Å². The van der Waals surface area contributed by atoms with Crippen LogP contribution in [0.3, 0.4) is 0 Å². The van der Waals surface area contributed by atoms with E-state index in [1.54, 1.807) is 0 Å². The van der Waals surface area contributed by atoms with Crippen LogP contribution in [-0.2, 0) is 23.0 Å². The Kier molecular flexibility index (Phi) is 9.22. The Bertz CT molecular complexity index is 727. The maximum Gasteiger partial charge on any atom is 0.305 e. The van der Waals surface area contributed by atoms with Crippen molar-refractivity contribution in [1.29, 1.82) is 0 Å². The molecule has 0 radical (unpaired) electrons. The Hall–Kier alpha value is -1.46. The Balaban J connectivity index is 2.02. The first kappa shape index (κ1) is 21.8. The Morgan fingerprint density at radius 2 is 1.96 bits per heavy atom. The summed E-state index contributed by atoms with van der Waals surface area (Å²) in [6.07, 6.45) is 3.86. The molecule has 0 N–H and O–H groups in total. The third kappa shape index (κ3) is 6.28. The lowest BCUT2D eigenvalue weighted by Gasteiger charge is -2.22. The van der Waals surface area contributed by atoms with Gasteiger partial charge in [-0.1, -0.05) is 13.3 Å². The van der Waals surface area contributed by atoms with Gasteiger partial charge in [-0.3, -0.25) is 4.79 Å². The maximum absolute atomic E-state index is 11.7. The molecule has 27 heavy (non-hydrogen) atoms. The molecule has 7 heteroatoms. The molecule has 5 nitrogen and oxygen atoms in total. The highest BCUT2D eigenvalue weighted by atomic mass is 35.5. The lowest BCUT2D eigenvalue weighted by molar-refractivity contribution is -0.143. The molecule has 0 spiro atoms. The highest BCUT2D eigenvalue weighted by Gasteiger charge is 2.12. The second-order valence-electron chi connectivity index (χ2n) is 6.55. The van der Waals surface area contributed by atoms with Crippen molar-refractivity contribution in [3.63, 3.8) is 0 Å². The molecule has 0 atom stereocenters. The lowest BCUT2D eigenvalue weighted by Crippen LogP contribution is -2.27. The van der Waals surface area contributed by atoms with Gasteiger partial charge in [-0.25, -0.2) is 4.98 Å². The molecule has 1 aromatic carbocycles. The van der Waals surface area contributed by atoms with Gasteiger partial charge in [0.05, 0.1) is 17.6 Å². The average molecular weight is 414 g/mol. The van der Waals surface area contributed by atoms with Crippen LogP contribution >= 0.6 is 23.2 Å². The quantitative estimate of drug-likeness (QED) is 0.291. The van der Waals surface area contributed by atoms with E-state index in [4.69, 9.17) is 32.9 Å². The monoisotopic (exact) mass is 413 g/mol. The van der Waals surface area contributed by atoms with Crippen LogP contribution in [0.1, 0.15) is 38.4 Å². The van der Waals surface area contributed by atoms with Crippen LogP contribution < -0.4 is 4.90 Å². The second kappa shape index (κ2) is 11.4. The fraction of sp³-hybridized carbons (Fsp3) is 0.600. The van der Waals surface area contributed by atoms with Crippen molar-refractivity contribution in [3.05, 3.63) is 24.0 Å². The number of unbranched alkanes of at least 4 members (excludes halogenated alkanes) is 1. The zero-order chi connectivity index (χ0) is 19.6. The van der Waals surface area contributed by atoms with Crippen LogP contribution in [0.25, 0.3) is 11.0 Å². The number of ether oxygens (including phenoxy) is 1. The number of imidazole rings is 1. The molecule has 0 unspecified atom stereocenters. The Morgan fingerprint density at radius 1 is 1.22 bits per heavy atom. The first-order valence-corrected chi connectivity index (χ1v) is 10.7. The van der Waals surface area contributed by atoms with Gasteiger partial charge in [0.2, 0.25) is 0 Å². The standard InChI is InChI=1S/C20H29Cl2N3O2/c1-3-4-14-27-20(26)7-5-6-19-23-17-15-16(8-9-18(17)24(19)2)25(12-10-21)13-11-22/h8-9,15H,3-7,10-14H2,1-2H3. The van der Waals surface area contributed by atoms with Gasteiger partial charge in [-0.05, 0) is 31.0 Å². The number of carbonyl (C=O) groups excluding carboxylic acids is 1. The highest BCUT2D eigenvalue weighted by Crippen LogP contribution is 2.23. The van der Waals surface area contributed by atoms with Crippen molar-refractivity contribution in [2.24, 2.45) is 7.05 Å². The molecule has 0 fully saturated rings. The van der Waals surface area contributed by atoms with Gasteiger partial charge >= 0.3 is 5.97 Å². The number of rotatable bonds is 12.